The number of carbonyl (C=O) groups excluding carboxylic acids is 1. The smallest absolute Gasteiger partial charge is 0.361 e. The molecule has 29 heavy (non-hydrogen) atoms. The highest BCUT2D eigenvalue weighted by Crippen LogP contribution is 2.38. The molecule has 2 aliphatic carbocycles. The lowest BCUT2D eigenvalue weighted by atomic mass is 9.99. The minimum Gasteiger partial charge on any atom is -0.588 e. The van der Waals surface area contributed by atoms with Crippen molar-refractivity contribution in [3.63, 3.8) is 0 Å². The summed E-state index contributed by atoms with van der Waals surface area (Å²) >= 11 is -1.73. The summed E-state index contributed by atoms with van der Waals surface area (Å²) in [5.74, 6) is 0.820. The molecule has 2 unspecified atom stereocenters. The quantitative estimate of drug-likeness (QED) is 0.752. The van der Waals surface area contributed by atoms with E-state index in [9.17, 15) is 9.35 Å². The molecule has 2 amide bonds. The summed E-state index contributed by atoms with van der Waals surface area (Å²) < 4.78 is 23.0. The molecule has 7 nitrogen and oxygen atoms in total. The Kier molecular flexibility index (Phi) is 4.70. The molecule has 1 aromatic carbocycles. The summed E-state index contributed by atoms with van der Waals surface area (Å²) in [4.78, 5) is 13.1. The second-order valence-corrected chi connectivity index (χ2v) is 9.64. The van der Waals surface area contributed by atoms with Gasteiger partial charge in [0, 0.05) is 5.69 Å². The van der Waals surface area contributed by atoms with Crippen molar-refractivity contribution < 1.29 is 14.1 Å². The molecule has 0 radical (unpaired) electrons. The zero-order valence-corrected chi connectivity index (χ0v) is 17.6. The predicted octanol–water partition coefficient (Wildman–Crippen LogP) is 3.12. The molecule has 5 rings (SSSR count). The van der Waals surface area contributed by atoms with Crippen LogP contribution in [0.1, 0.15) is 48.9 Å². The lowest BCUT2D eigenvalue weighted by molar-refractivity contribution is 0.173. The Morgan fingerprint density at radius 2 is 1.93 bits per heavy atom. The fourth-order valence-electron chi connectivity index (χ4n) is 4.68. The molecule has 8 heteroatoms. The van der Waals surface area contributed by atoms with Gasteiger partial charge in [0.05, 0.1) is 6.54 Å². The minimum absolute atomic E-state index is 0.0118. The van der Waals surface area contributed by atoms with Crippen molar-refractivity contribution in [2.24, 2.45) is 5.92 Å². The van der Waals surface area contributed by atoms with Gasteiger partial charge in [0.2, 0.25) is 0 Å². The van der Waals surface area contributed by atoms with Crippen LogP contribution in [-0.4, -0.2) is 26.5 Å². The Hall–Kier alpha value is -2.19. The van der Waals surface area contributed by atoms with Crippen molar-refractivity contribution >= 4 is 23.1 Å². The maximum atomic E-state index is 12.8. The Balaban J connectivity index is 1.32. The standard InChI is InChI=1S/C21H26N4O3S/c1-12(2)17-11-25-20(28-17)18(10-22-25)29(27)24-21(26)23-19-15-7-3-5-13(15)9-14-6-4-8-16(14)19/h9-10,12,17H,3-8,11H2,1-2H3,(H2,23,24,26). The predicted molar refractivity (Wildman–Crippen MR) is 111 cm³/mol. The first kappa shape index (κ1) is 18.8. The number of nitrogens with one attached hydrogen (secondary N) is 2. The zero-order chi connectivity index (χ0) is 20.1. The van der Waals surface area contributed by atoms with E-state index in [0.717, 1.165) is 44.2 Å². The van der Waals surface area contributed by atoms with Gasteiger partial charge in [-0.1, -0.05) is 19.9 Å². The van der Waals surface area contributed by atoms with Crippen molar-refractivity contribution in [1.82, 2.24) is 14.5 Å². The van der Waals surface area contributed by atoms with Gasteiger partial charge in [0.15, 0.2) is 0 Å². The molecule has 0 saturated heterocycles. The summed E-state index contributed by atoms with van der Waals surface area (Å²) in [6.07, 6.45) is 7.89. The normalized spacial score (nSPS) is 20.2. The van der Waals surface area contributed by atoms with Crippen LogP contribution in [0.5, 0.6) is 5.88 Å². The van der Waals surface area contributed by atoms with Crippen LogP contribution in [0.15, 0.2) is 17.2 Å². The number of hydrogen-bond donors (Lipinski definition) is 2. The van der Waals surface area contributed by atoms with Crippen LogP contribution in [0.2, 0.25) is 0 Å². The van der Waals surface area contributed by atoms with E-state index >= 15 is 0 Å². The fraction of sp³-hybridized carbons (Fsp3) is 0.524. The van der Waals surface area contributed by atoms with Crippen LogP contribution >= 0.6 is 0 Å². The van der Waals surface area contributed by atoms with Crippen LogP contribution in [0, 0.1) is 5.92 Å². The monoisotopic (exact) mass is 414 g/mol. The van der Waals surface area contributed by atoms with Crippen molar-refractivity contribution in [1.29, 1.82) is 0 Å². The second-order valence-electron chi connectivity index (χ2n) is 8.46. The molecule has 2 aromatic rings. The summed E-state index contributed by atoms with van der Waals surface area (Å²) in [5.41, 5.74) is 6.15. The van der Waals surface area contributed by atoms with Gasteiger partial charge in [-0.2, -0.15) is 5.10 Å². The number of urea groups is 1. The molecule has 0 spiro atoms. The topological polar surface area (TPSA) is 91.2 Å². The van der Waals surface area contributed by atoms with E-state index in [1.54, 1.807) is 4.68 Å². The van der Waals surface area contributed by atoms with Crippen molar-refractivity contribution in [3.05, 3.63) is 34.5 Å². The van der Waals surface area contributed by atoms with E-state index < -0.39 is 17.4 Å². The van der Waals surface area contributed by atoms with Crippen molar-refractivity contribution in [2.75, 3.05) is 5.32 Å². The maximum Gasteiger partial charge on any atom is 0.361 e. The van der Waals surface area contributed by atoms with Gasteiger partial charge in [-0.25, -0.2) is 9.48 Å². The van der Waals surface area contributed by atoms with Crippen molar-refractivity contribution in [3.8, 4) is 5.88 Å². The Labute approximate surface area is 173 Å². The average Bonchev–Trinajstić information content (AvgIpc) is 3.43. The molecule has 154 valence electrons. The highest BCUT2D eigenvalue weighted by Gasteiger charge is 2.35. The average molecular weight is 415 g/mol. The number of rotatable bonds is 4. The molecule has 0 fully saturated rings. The summed E-state index contributed by atoms with van der Waals surface area (Å²) in [5, 5.41) is 7.28. The molecule has 0 saturated carbocycles. The highest BCUT2D eigenvalue weighted by molar-refractivity contribution is 7.90. The molecule has 1 aliphatic heterocycles. The van der Waals surface area contributed by atoms with E-state index in [1.807, 2.05) is 0 Å². The van der Waals surface area contributed by atoms with Gasteiger partial charge in [-0.3, -0.25) is 0 Å². The number of ether oxygens (including phenoxy) is 1. The van der Waals surface area contributed by atoms with Crippen LogP contribution < -0.4 is 14.8 Å². The molecular formula is C21H26N4O3S. The number of aromatic nitrogens is 2. The first-order chi connectivity index (χ1) is 14.0. The third kappa shape index (κ3) is 3.28. The molecule has 0 bridgehead atoms. The largest absolute Gasteiger partial charge is 0.588 e. The van der Waals surface area contributed by atoms with Crippen LogP contribution in [0.3, 0.4) is 0 Å². The fourth-order valence-corrected chi connectivity index (χ4v) is 5.46. The number of fused-ring (bicyclic) bond motifs is 3. The van der Waals surface area contributed by atoms with Crippen LogP contribution in [0.4, 0.5) is 10.5 Å². The minimum atomic E-state index is -1.73. The molecule has 2 N–H and O–H groups in total. The molecular weight excluding hydrogens is 388 g/mol. The number of aryl methyl sites for hydroxylation is 2. The SMILES string of the molecule is CC(C)C1Cn2ncc([S+]([O-])NC(=O)Nc3c4c(cc5c3CCC5)CCC4)c2O1. The van der Waals surface area contributed by atoms with E-state index in [2.05, 4.69) is 35.1 Å². The zero-order valence-electron chi connectivity index (χ0n) is 16.8. The Morgan fingerprint density at radius 1 is 1.24 bits per heavy atom. The van der Waals surface area contributed by atoms with Gasteiger partial charge >= 0.3 is 6.03 Å². The molecule has 2 atom stereocenters. The van der Waals surface area contributed by atoms with Gasteiger partial charge in [-0.15, -0.1) is 4.72 Å². The first-order valence-electron chi connectivity index (χ1n) is 10.4. The Morgan fingerprint density at radius 3 is 2.59 bits per heavy atom. The number of anilines is 1. The highest BCUT2D eigenvalue weighted by atomic mass is 32.2. The van der Waals surface area contributed by atoms with E-state index in [4.69, 9.17) is 4.74 Å². The third-order valence-corrected chi connectivity index (χ3v) is 7.27. The van der Waals surface area contributed by atoms with Gasteiger partial charge < -0.3 is 14.6 Å². The first-order valence-corrected chi connectivity index (χ1v) is 11.5. The lowest BCUT2D eigenvalue weighted by Gasteiger charge is -2.17. The number of benzene rings is 1. The lowest BCUT2D eigenvalue weighted by Crippen LogP contribution is -2.35. The second kappa shape index (κ2) is 7.25. The van der Waals surface area contributed by atoms with Crippen molar-refractivity contribution in [2.45, 2.75) is 69.9 Å². The number of amides is 2. The van der Waals surface area contributed by atoms with Gasteiger partial charge in [0.25, 0.3) is 10.8 Å². The number of nitrogens with zero attached hydrogens (tertiary/aromatic N) is 2. The molecule has 2 heterocycles. The van der Waals surface area contributed by atoms with Crippen LogP contribution in [0.25, 0.3) is 0 Å². The van der Waals surface area contributed by atoms with E-state index in [1.165, 1.54) is 28.5 Å². The summed E-state index contributed by atoms with van der Waals surface area (Å²) in [6.45, 7) is 4.80. The molecule has 1 aromatic heterocycles. The van der Waals surface area contributed by atoms with E-state index in [-0.39, 0.29) is 6.10 Å². The van der Waals surface area contributed by atoms with Gasteiger partial charge in [-0.05, 0) is 66.7 Å². The van der Waals surface area contributed by atoms with E-state index in [0.29, 0.717) is 23.2 Å². The van der Waals surface area contributed by atoms with Gasteiger partial charge in [0.1, 0.15) is 23.7 Å². The number of carbonyl (C=O) groups is 1. The summed E-state index contributed by atoms with van der Waals surface area (Å²) in [6, 6.07) is 1.88. The summed E-state index contributed by atoms with van der Waals surface area (Å²) in [7, 11) is 0. The molecule has 3 aliphatic rings. The van der Waals surface area contributed by atoms with Crippen LogP contribution in [-0.2, 0) is 43.6 Å². The number of hydrogen-bond acceptors (Lipinski definition) is 4. The Bertz CT molecular complexity index is 939. The third-order valence-electron chi connectivity index (χ3n) is 6.22. The maximum absolute atomic E-state index is 12.8.